The van der Waals surface area contributed by atoms with E-state index in [1.807, 2.05) is 0 Å². The molecule has 0 aromatic heterocycles. The monoisotopic (exact) mass is 410 g/mol. The average Bonchev–Trinajstić information content (AvgIpc) is 2.65. The van der Waals surface area contributed by atoms with Crippen LogP contribution in [0.1, 0.15) is 30.6 Å². The van der Waals surface area contributed by atoms with Crippen LogP contribution < -0.4 is 10.6 Å². The number of sulfone groups is 1. The number of hydrogen-bond acceptors (Lipinski definition) is 7. The van der Waals surface area contributed by atoms with E-state index in [9.17, 15) is 22.8 Å². The summed E-state index contributed by atoms with van der Waals surface area (Å²) in [6.45, 7) is 3.22. The molecule has 28 heavy (non-hydrogen) atoms. The molecule has 1 aliphatic rings. The lowest BCUT2D eigenvalue weighted by Gasteiger charge is -2.28. The molecule has 9 nitrogen and oxygen atoms in total. The van der Waals surface area contributed by atoms with Crippen molar-refractivity contribution in [3.63, 3.8) is 0 Å². The molecule has 0 spiro atoms. The highest BCUT2D eigenvalue weighted by Gasteiger charge is 2.32. The Morgan fingerprint density at radius 2 is 1.86 bits per heavy atom. The fraction of sp³-hybridized carbons (Fsp3) is 0.389. The molecular weight excluding hydrogens is 388 g/mol. The van der Waals surface area contributed by atoms with Crippen LogP contribution in [0.4, 0.5) is 4.79 Å². The lowest BCUT2D eigenvalue weighted by atomic mass is 10.0. The summed E-state index contributed by atoms with van der Waals surface area (Å²) in [4.78, 5) is 36.4. The van der Waals surface area contributed by atoms with Crippen molar-refractivity contribution in [2.24, 2.45) is 0 Å². The number of ether oxygens (including phenoxy) is 2. The van der Waals surface area contributed by atoms with Gasteiger partial charge in [-0.25, -0.2) is 22.8 Å². The summed E-state index contributed by atoms with van der Waals surface area (Å²) in [5, 5.41) is 5.08. The van der Waals surface area contributed by atoms with Gasteiger partial charge < -0.3 is 20.1 Å². The van der Waals surface area contributed by atoms with Crippen LogP contribution in [0.15, 0.2) is 40.4 Å². The van der Waals surface area contributed by atoms with E-state index < -0.39 is 33.8 Å². The molecule has 1 atom stereocenters. The molecule has 152 valence electrons. The van der Waals surface area contributed by atoms with Crippen molar-refractivity contribution in [2.75, 3.05) is 19.5 Å². The molecule has 1 aliphatic heterocycles. The van der Waals surface area contributed by atoms with Crippen LogP contribution in [0.3, 0.4) is 0 Å². The number of carbonyl (C=O) groups excluding carboxylic acids is 3. The van der Waals surface area contributed by atoms with Crippen LogP contribution in [0, 0.1) is 0 Å². The van der Waals surface area contributed by atoms with Gasteiger partial charge in [-0.3, -0.25) is 0 Å². The molecule has 0 saturated heterocycles. The fourth-order valence-electron chi connectivity index (χ4n) is 2.65. The second-order valence-electron chi connectivity index (χ2n) is 6.05. The molecule has 0 saturated carbocycles. The Hall–Kier alpha value is -2.88. The maximum absolute atomic E-state index is 12.3. The van der Waals surface area contributed by atoms with Gasteiger partial charge in [0.1, 0.15) is 6.61 Å². The highest BCUT2D eigenvalue weighted by molar-refractivity contribution is 7.90. The van der Waals surface area contributed by atoms with Crippen LogP contribution >= 0.6 is 0 Å². The molecule has 0 radical (unpaired) electrons. The number of esters is 2. The first-order chi connectivity index (χ1) is 13.2. The number of rotatable bonds is 7. The number of carbonyl (C=O) groups is 3. The summed E-state index contributed by atoms with van der Waals surface area (Å²) in [5.41, 5.74) is 0.344. The number of hydrogen-bond donors (Lipinski definition) is 2. The standard InChI is InChI=1S/C18H22N2O7S/c1-4-13-15(17(22)26-5-2)14(20-18(23)19-13)10-27-16(21)11-7-6-8-12(9-11)28(3,24)25/h6-9,13H,4-5,10H2,1-3H3,(H2,19,20,23). The summed E-state index contributed by atoms with van der Waals surface area (Å²) in [6.07, 6.45) is 1.47. The Labute approximate surface area is 163 Å². The summed E-state index contributed by atoms with van der Waals surface area (Å²) in [6, 6.07) is 4.31. The van der Waals surface area contributed by atoms with Gasteiger partial charge in [-0.2, -0.15) is 0 Å². The Morgan fingerprint density at radius 1 is 1.14 bits per heavy atom. The zero-order chi connectivity index (χ0) is 20.9. The molecule has 0 fully saturated rings. The number of urea groups is 1. The van der Waals surface area contributed by atoms with Crippen molar-refractivity contribution < 1.29 is 32.3 Å². The van der Waals surface area contributed by atoms with E-state index in [1.165, 1.54) is 24.3 Å². The van der Waals surface area contributed by atoms with E-state index in [-0.39, 0.29) is 34.9 Å². The smallest absolute Gasteiger partial charge is 0.338 e. The molecule has 2 rings (SSSR count). The van der Waals surface area contributed by atoms with Crippen molar-refractivity contribution in [3.05, 3.63) is 41.1 Å². The van der Waals surface area contributed by atoms with Crippen molar-refractivity contribution in [1.82, 2.24) is 10.6 Å². The molecule has 10 heteroatoms. The van der Waals surface area contributed by atoms with E-state index in [1.54, 1.807) is 13.8 Å². The minimum absolute atomic E-state index is 0.0189. The summed E-state index contributed by atoms with van der Waals surface area (Å²) < 4.78 is 33.5. The fourth-order valence-corrected chi connectivity index (χ4v) is 3.32. The molecule has 1 aromatic carbocycles. The van der Waals surface area contributed by atoms with Gasteiger partial charge in [0.15, 0.2) is 9.84 Å². The Kier molecular flexibility index (Phi) is 6.79. The first kappa shape index (κ1) is 21.4. The van der Waals surface area contributed by atoms with Crippen LogP contribution in [0.2, 0.25) is 0 Å². The molecule has 0 aliphatic carbocycles. The highest BCUT2D eigenvalue weighted by atomic mass is 32.2. The molecule has 0 bridgehead atoms. The number of benzene rings is 1. The molecule has 2 amide bonds. The van der Waals surface area contributed by atoms with Crippen molar-refractivity contribution in [1.29, 1.82) is 0 Å². The van der Waals surface area contributed by atoms with Crippen molar-refractivity contribution in [2.45, 2.75) is 31.2 Å². The van der Waals surface area contributed by atoms with Gasteiger partial charge in [0.05, 0.1) is 34.4 Å². The quantitative estimate of drug-likeness (QED) is 0.646. The van der Waals surface area contributed by atoms with E-state index in [2.05, 4.69) is 10.6 Å². The van der Waals surface area contributed by atoms with Gasteiger partial charge in [-0.05, 0) is 31.5 Å². The van der Waals surface area contributed by atoms with Crippen LogP contribution in [-0.2, 0) is 24.1 Å². The second-order valence-corrected chi connectivity index (χ2v) is 8.06. The van der Waals surface area contributed by atoms with Crippen LogP contribution in [0.5, 0.6) is 0 Å². The lowest BCUT2D eigenvalue weighted by molar-refractivity contribution is -0.139. The maximum Gasteiger partial charge on any atom is 0.338 e. The first-order valence-corrected chi connectivity index (χ1v) is 10.5. The minimum atomic E-state index is -3.48. The Bertz CT molecular complexity index is 922. The van der Waals surface area contributed by atoms with Crippen molar-refractivity contribution >= 4 is 27.8 Å². The van der Waals surface area contributed by atoms with E-state index in [4.69, 9.17) is 9.47 Å². The van der Waals surface area contributed by atoms with Gasteiger partial charge in [-0.15, -0.1) is 0 Å². The first-order valence-electron chi connectivity index (χ1n) is 8.62. The average molecular weight is 410 g/mol. The molecule has 1 unspecified atom stereocenters. The third-order valence-electron chi connectivity index (χ3n) is 3.99. The van der Waals surface area contributed by atoms with Crippen LogP contribution in [-0.4, -0.2) is 51.9 Å². The zero-order valence-corrected chi connectivity index (χ0v) is 16.6. The normalized spacial score (nSPS) is 16.8. The van der Waals surface area contributed by atoms with Crippen LogP contribution in [0.25, 0.3) is 0 Å². The second kappa shape index (κ2) is 8.87. The van der Waals surface area contributed by atoms with Gasteiger partial charge in [0.2, 0.25) is 0 Å². The van der Waals surface area contributed by atoms with Gasteiger partial charge >= 0.3 is 18.0 Å². The highest BCUT2D eigenvalue weighted by Crippen LogP contribution is 2.18. The minimum Gasteiger partial charge on any atom is -0.463 e. The summed E-state index contributed by atoms with van der Waals surface area (Å²) in [7, 11) is -3.48. The van der Waals surface area contributed by atoms with E-state index in [0.29, 0.717) is 6.42 Å². The third kappa shape index (κ3) is 5.10. The largest absolute Gasteiger partial charge is 0.463 e. The number of amides is 2. The number of nitrogens with one attached hydrogen (secondary N) is 2. The summed E-state index contributed by atoms with van der Waals surface area (Å²) in [5.74, 6) is -1.41. The molecular formula is C18H22N2O7S. The third-order valence-corrected chi connectivity index (χ3v) is 5.10. The van der Waals surface area contributed by atoms with Gasteiger partial charge in [0.25, 0.3) is 0 Å². The molecule has 1 aromatic rings. The van der Waals surface area contributed by atoms with E-state index in [0.717, 1.165) is 6.26 Å². The van der Waals surface area contributed by atoms with Crippen molar-refractivity contribution in [3.8, 4) is 0 Å². The Morgan fingerprint density at radius 3 is 2.46 bits per heavy atom. The predicted octanol–water partition coefficient (Wildman–Crippen LogP) is 1.16. The molecule has 2 N–H and O–H groups in total. The zero-order valence-electron chi connectivity index (χ0n) is 15.8. The SMILES string of the molecule is CCOC(=O)C1=C(COC(=O)c2cccc(S(C)(=O)=O)c2)NC(=O)NC1CC. The Balaban J connectivity index is 2.25. The topological polar surface area (TPSA) is 128 Å². The lowest BCUT2D eigenvalue weighted by Crippen LogP contribution is -2.51. The van der Waals surface area contributed by atoms with Gasteiger partial charge in [-0.1, -0.05) is 13.0 Å². The van der Waals surface area contributed by atoms with E-state index >= 15 is 0 Å². The maximum atomic E-state index is 12.3. The predicted molar refractivity (Wildman–Crippen MR) is 99.2 cm³/mol. The van der Waals surface area contributed by atoms with Gasteiger partial charge in [0, 0.05) is 6.26 Å². The summed E-state index contributed by atoms with van der Waals surface area (Å²) >= 11 is 0. The molecule has 1 heterocycles.